The number of nitriles is 1. The molecule has 6 heteroatoms. The molecule has 5 nitrogen and oxygen atoms in total. The van der Waals surface area contributed by atoms with Crippen LogP contribution in [-0.2, 0) is 7.05 Å². The van der Waals surface area contributed by atoms with Crippen LogP contribution in [0.15, 0.2) is 30.5 Å². The zero-order chi connectivity index (χ0) is 16.7. The highest BCUT2D eigenvalue weighted by atomic mass is 35.5. The number of benzene rings is 1. The molecule has 3 rings (SSSR count). The van der Waals surface area contributed by atoms with Gasteiger partial charge in [-0.3, -0.25) is 4.79 Å². The van der Waals surface area contributed by atoms with Crippen molar-refractivity contribution in [3.8, 4) is 17.2 Å². The van der Waals surface area contributed by atoms with Crippen molar-refractivity contribution in [1.82, 2.24) is 9.55 Å². The molecule has 0 aliphatic carbocycles. The van der Waals surface area contributed by atoms with Gasteiger partial charge in [0.25, 0.3) is 5.91 Å². The summed E-state index contributed by atoms with van der Waals surface area (Å²) < 4.78 is 1.76. The minimum Gasteiger partial charge on any atom is -0.364 e. The number of amides is 1. The first-order valence-electron chi connectivity index (χ1n) is 6.89. The minimum atomic E-state index is -0.500. The van der Waals surface area contributed by atoms with Crippen molar-refractivity contribution in [2.75, 3.05) is 0 Å². The van der Waals surface area contributed by atoms with Crippen molar-refractivity contribution < 1.29 is 4.79 Å². The number of primary amides is 1. The summed E-state index contributed by atoms with van der Waals surface area (Å²) in [5, 5.41) is 10.5. The lowest BCUT2D eigenvalue weighted by Crippen LogP contribution is -2.16. The van der Waals surface area contributed by atoms with E-state index in [2.05, 4.69) is 11.1 Å². The van der Waals surface area contributed by atoms with Gasteiger partial charge < -0.3 is 10.3 Å². The molecule has 0 radical (unpaired) electrons. The average Bonchev–Trinajstić information content (AvgIpc) is 2.78. The summed E-state index contributed by atoms with van der Waals surface area (Å²) in [6.45, 7) is 1.83. The quantitative estimate of drug-likeness (QED) is 0.735. The summed E-state index contributed by atoms with van der Waals surface area (Å²) in [7, 11) is 1.79. The zero-order valence-electron chi connectivity index (χ0n) is 12.6. The van der Waals surface area contributed by atoms with E-state index in [4.69, 9.17) is 17.3 Å². The second-order valence-corrected chi connectivity index (χ2v) is 5.69. The standard InChI is InChI=1S/C17H13ClN4O/c1-9-12-5-10(7-19)6-13(11-3-4-14(18)21-8-11)16(12)22(2)15(9)17(20)23/h3-6,8H,1-2H3,(H2,20,23). The molecule has 0 spiro atoms. The summed E-state index contributed by atoms with van der Waals surface area (Å²) in [6.07, 6.45) is 1.64. The maximum atomic E-state index is 11.8. The van der Waals surface area contributed by atoms with Gasteiger partial charge in [0.15, 0.2) is 0 Å². The number of halogens is 1. The lowest BCUT2D eigenvalue weighted by Gasteiger charge is -2.08. The highest BCUT2D eigenvalue weighted by Gasteiger charge is 2.20. The Morgan fingerprint density at radius 2 is 2.13 bits per heavy atom. The normalized spacial score (nSPS) is 10.7. The van der Waals surface area contributed by atoms with Crippen LogP contribution in [0.5, 0.6) is 0 Å². The Bertz CT molecular complexity index is 981. The maximum Gasteiger partial charge on any atom is 0.265 e. The van der Waals surface area contributed by atoms with Crippen molar-refractivity contribution in [1.29, 1.82) is 5.26 Å². The number of hydrogen-bond acceptors (Lipinski definition) is 3. The van der Waals surface area contributed by atoms with Gasteiger partial charge in [-0.1, -0.05) is 11.6 Å². The Morgan fingerprint density at radius 1 is 1.39 bits per heavy atom. The van der Waals surface area contributed by atoms with E-state index >= 15 is 0 Å². The Balaban J connectivity index is 2.45. The highest BCUT2D eigenvalue weighted by molar-refractivity contribution is 6.29. The molecule has 1 amide bonds. The number of fused-ring (bicyclic) bond motifs is 1. The number of hydrogen-bond donors (Lipinski definition) is 1. The summed E-state index contributed by atoms with van der Waals surface area (Å²) >= 11 is 5.85. The van der Waals surface area contributed by atoms with E-state index in [0.29, 0.717) is 16.4 Å². The summed E-state index contributed by atoms with van der Waals surface area (Å²) in [4.78, 5) is 15.9. The van der Waals surface area contributed by atoms with Gasteiger partial charge in [0.05, 0.1) is 17.1 Å². The van der Waals surface area contributed by atoms with E-state index in [-0.39, 0.29) is 0 Å². The van der Waals surface area contributed by atoms with Crippen molar-refractivity contribution in [2.24, 2.45) is 12.8 Å². The second-order valence-electron chi connectivity index (χ2n) is 5.30. The number of aromatic nitrogens is 2. The molecule has 0 unspecified atom stereocenters. The van der Waals surface area contributed by atoms with E-state index < -0.39 is 5.91 Å². The Hall–Kier alpha value is -2.84. The van der Waals surface area contributed by atoms with E-state index in [1.807, 2.05) is 13.0 Å². The molecule has 0 aliphatic rings. The number of carbonyl (C=O) groups excluding carboxylic acids is 1. The molecule has 2 aromatic heterocycles. The molecule has 1 aromatic carbocycles. The van der Waals surface area contributed by atoms with E-state index in [9.17, 15) is 10.1 Å². The molecular formula is C17H13ClN4O. The largest absolute Gasteiger partial charge is 0.364 e. The first-order valence-corrected chi connectivity index (χ1v) is 7.26. The molecule has 0 bridgehead atoms. The Kier molecular flexibility index (Phi) is 3.55. The van der Waals surface area contributed by atoms with Crippen LogP contribution in [0.25, 0.3) is 22.0 Å². The van der Waals surface area contributed by atoms with Gasteiger partial charge in [-0.2, -0.15) is 5.26 Å². The lowest BCUT2D eigenvalue weighted by atomic mass is 10.00. The van der Waals surface area contributed by atoms with Crippen LogP contribution in [-0.4, -0.2) is 15.5 Å². The molecule has 0 atom stereocenters. The van der Waals surface area contributed by atoms with Crippen LogP contribution in [0.3, 0.4) is 0 Å². The van der Waals surface area contributed by atoms with Crippen LogP contribution in [0.1, 0.15) is 21.6 Å². The van der Waals surface area contributed by atoms with Crippen LogP contribution in [0, 0.1) is 18.3 Å². The fourth-order valence-electron chi connectivity index (χ4n) is 2.94. The molecule has 0 aliphatic heterocycles. The third-order valence-corrected chi connectivity index (χ3v) is 4.16. The Morgan fingerprint density at radius 3 is 2.70 bits per heavy atom. The molecule has 114 valence electrons. The average molecular weight is 325 g/mol. The van der Waals surface area contributed by atoms with Crippen molar-refractivity contribution in [3.63, 3.8) is 0 Å². The molecule has 0 saturated carbocycles. The molecule has 0 fully saturated rings. The maximum absolute atomic E-state index is 11.8. The summed E-state index contributed by atoms with van der Waals surface area (Å²) in [6, 6.07) is 9.21. The fraction of sp³-hybridized carbons (Fsp3) is 0.118. The number of carbonyl (C=O) groups is 1. The molecular weight excluding hydrogens is 312 g/mol. The van der Waals surface area contributed by atoms with Gasteiger partial charge in [0.2, 0.25) is 0 Å². The van der Waals surface area contributed by atoms with E-state index in [1.165, 1.54) is 0 Å². The van der Waals surface area contributed by atoms with Crippen LogP contribution < -0.4 is 5.73 Å². The molecule has 2 heterocycles. The number of nitrogens with zero attached hydrogens (tertiary/aromatic N) is 3. The van der Waals surface area contributed by atoms with Gasteiger partial charge in [-0.05, 0) is 36.8 Å². The molecule has 2 N–H and O–H groups in total. The number of aryl methyl sites for hydroxylation is 2. The predicted octanol–water partition coefficient (Wildman–Crippen LogP) is 3.17. The van der Waals surface area contributed by atoms with E-state index in [1.54, 1.807) is 36.0 Å². The first-order chi connectivity index (χ1) is 10.9. The number of pyridine rings is 1. The van der Waals surface area contributed by atoms with Crippen molar-refractivity contribution >= 4 is 28.4 Å². The number of rotatable bonds is 2. The monoisotopic (exact) mass is 324 g/mol. The third kappa shape index (κ3) is 2.33. The topological polar surface area (TPSA) is 84.7 Å². The van der Waals surface area contributed by atoms with Crippen LogP contribution in [0.4, 0.5) is 0 Å². The van der Waals surface area contributed by atoms with Crippen LogP contribution >= 0.6 is 11.6 Å². The fourth-order valence-corrected chi connectivity index (χ4v) is 3.05. The third-order valence-electron chi connectivity index (χ3n) is 3.94. The number of nitrogens with two attached hydrogens (primary N) is 1. The predicted molar refractivity (Wildman–Crippen MR) is 89.1 cm³/mol. The van der Waals surface area contributed by atoms with Gasteiger partial charge in [0, 0.05) is 29.8 Å². The highest BCUT2D eigenvalue weighted by Crippen LogP contribution is 2.34. The summed E-state index contributed by atoms with van der Waals surface area (Å²) in [5.74, 6) is -0.500. The first kappa shape index (κ1) is 15.1. The second kappa shape index (κ2) is 5.41. The lowest BCUT2D eigenvalue weighted by molar-refractivity contribution is 0.0992. The summed E-state index contributed by atoms with van der Waals surface area (Å²) in [5.41, 5.74) is 9.65. The molecule has 0 saturated heterocycles. The van der Waals surface area contributed by atoms with Gasteiger partial charge >= 0.3 is 0 Å². The molecule has 23 heavy (non-hydrogen) atoms. The molecule has 3 aromatic rings. The van der Waals surface area contributed by atoms with E-state index in [0.717, 1.165) is 27.6 Å². The Labute approximate surface area is 137 Å². The SMILES string of the molecule is Cc1c(C(N)=O)n(C)c2c(-c3ccc(Cl)nc3)cc(C#N)cc12. The minimum absolute atomic E-state index is 0.391. The van der Waals surface area contributed by atoms with Crippen molar-refractivity contribution in [2.45, 2.75) is 6.92 Å². The zero-order valence-corrected chi connectivity index (χ0v) is 13.3. The smallest absolute Gasteiger partial charge is 0.265 e. The van der Waals surface area contributed by atoms with Gasteiger partial charge in [0.1, 0.15) is 10.8 Å². The van der Waals surface area contributed by atoms with Crippen LogP contribution in [0.2, 0.25) is 5.15 Å². The van der Waals surface area contributed by atoms with Gasteiger partial charge in [-0.15, -0.1) is 0 Å². The van der Waals surface area contributed by atoms with Gasteiger partial charge in [-0.25, -0.2) is 4.98 Å². The van der Waals surface area contributed by atoms with Crippen molar-refractivity contribution in [3.05, 3.63) is 52.4 Å².